The Balaban J connectivity index is 2.36. The monoisotopic (exact) mass is 288 g/mol. The zero-order valence-corrected chi connectivity index (χ0v) is 10.3. The number of anilines is 1. The maximum Gasteiger partial charge on any atom is 0.243 e. The lowest BCUT2D eigenvalue weighted by atomic mass is 10.3. The summed E-state index contributed by atoms with van der Waals surface area (Å²) in [5.41, 5.74) is 2.23. The molecule has 1 aromatic carbocycles. The molecule has 0 radical (unpaired) electrons. The van der Waals surface area contributed by atoms with Gasteiger partial charge >= 0.3 is 0 Å². The molecule has 0 atom stereocenters. The van der Waals surface area contributed by atoms with Gasteiger partial charge in [-0.2, -0.15) is 4.98 Å². The summed E-state index contributed by atoms with van der Waals surface area (Å²) in [6, 6.07) is 4.34. The second-order valence-electron chi connectivity index (χ2n) is 3.15. The Bertz CT molecular complexity index is 582. The van der Waals surface area contributed by atoms with Crippen molar-refractivity contribution in [3.63, 3.8) is 0 Å². The first-order valence-corrected chi connectivity index (χ1v) is 5.48. The summed E-state index contributed by atoms with van der Waals surface area (Å²) in [5.74, 6) is 4.42. The SMILES string of the molecule is NNc1ncc(Cl)c(Oc2cccc(Cl)c2F)n1. The molecule has 0 aliphatic carbocycles. The van der Waals surface area contributed by atoms with E-state index in [1.165, 1.54) is 24.4 Å². The van der Waals surface area contributed by atoms with Crippen molar-refractivity contribution in [1.82, 2.24) is 9.97 Å². The molecule has 2 aromatic rings. The van der Waals surface area contributed by atoms with Gasteiger partial charge in [0.25, 0.3) is 0 Å². The van der Waals surface area contributed by atoms with E-state index in [0.29, 0.717) is 0 Å². The molecule has 0 fully saturated rings. The number of hydrazine groups is 1. The molecule has 0 amide bonds. The molecule has 1 aromatic heterocycles. The Kier molecular flexibility index (Phi) is 3.81. The minimum Gasteiger partial charge on any atom is -0.434 e. The molecule has 94 valence electrons. The van der Waals surface area contributed by atoms with Crippen molar-refractivity contribution in [2.45, 2.75) is 0 Å². The maximum atomic E-state index is 13.6. The fourth-order valence-electron chi connectivity index (χ4n) is 1.16. The molecule has 3 N–H and O–H groups in total. The number of nitrogens with two attached hydrogens (primary N) is 1. The summed E-state index contributed by atoms with van der Waals surface area (Å²) >= 11 is 11.4. The van der Waals surface area contributed by atoms with E-state index >= 15 is 0 Å². The fraction of sp³-hybridized carbons (Fsp3) is 0. The van der Waals surface area contributed by atoms with Crippen LogP contribution in [0, 0.1) is 5.82 Å². The van der Waals surface area contributed by atoms with Crippen molar-refractivity contribution in [2.24, 2.45) is 5.84 Å². The van der Waals surface area contributed by atoms with E-state index in [1.54, 1.807) is 0 Å². The van der Waals surface area contributed by atoms with Gasteiger partial charge in [0.05, 0.1) is 11.2 Å². The molecule has 0 saturated carbocycles. The van der Waals surface area contributed by atoms with E-state index < -0.39 is 5.82 Å². The van der Waals surface area contributed by atoms with Crippen LogP contribution >= 0.6 is 23.2 Å². The van der Waals surface area contributed by atoms with Crippen LogP contribution in [-0.4, -0.2) is 9.97 Å². The van der Waals surface area contributed by atoms with Crippen LogP contribution in [0.15, 0.2) is 24.4 Å². The molecule has 0 aliphatic heterocycles. The number of nitrogens with zero attached hydrogens (tertiary/aromatic N) is 2. The molecule has 0 unspecified atom stereocenters. The number of benzene rings is 1. The Labute approximate surface area is 112 Å². The highest BCUT2D eigenvalue weighted by molar-refractivity contribution is 6.31. The maximum absolute atomic E-state index is 13.6. The number of nitrogens with one attached hydrogen (secondary N) is 1. The third-order valence-corrected chi connectivity index (χ3v) is 2.51. The van der Waals surface area contributed by atoms with Crippen LogP contribution in [0.1, 0.15) is 0 Å². The van der Waals surface area contributed by atoms with E-state index in [1.807, 2.05) is 0 Å². The van der Waals surface area contributed by atoms with Crippen LogP contribution < -0.4 is 16.0 Å². The number of aromatic nitrogens is 2. The molecular weight excluding hydrogens is 282 g/mol. The zero-order chi connectivity index (χ0) is 13.1. The average Bonchev–Trinajstić information content (AvgIpc) is 2.37. The predicted molar refractivity (Wildman–Crippen MR) is 66.3 cm³/mol. The van der Waals surface area contributed by atoms with Crippen molar-refractivity contribution in [1.29, 1.82) is 0 Å². The van der Waals surface area contributed by atoms with Gasteiger partial charge in [-0.05, 0) is 12.1 Å². The summed E-state index contributed by atoms with van der Waals surface area (Å²) in [6.07, 6.45) is 1.28. The minimum absolute atomic E-state index is 0.0271. The average molecular weight is 289 g/mol. The fourth-order valence-corrected chi connectivity index (χ4v) is 1.46. The topological polar surface area (TPSA) is 73.1 Å². The Morgan fingerprint density at radius 2 is 2.06 bits per heavy atom. The van der Waals surface area contributed by atoms with Crippen molar-refractivity contribution in [2.75, 3.05) is 5.43 Å². The van der Waals surface area contributed by atoms with Crippen molar-refractivity contribution in [3.05, 3.63) is 40.3 Å². The first-order chi connectivity index (χ1) is 8.61. The highest BCUT2D eigenvalue weighted by Gasteiger charge is 2.12. The van der Waals surface area contributed by atoms with Gasteiger partial charge in [-0.25, -0.2) is 15.2 Å². The second-order valence-corrected chi connectivity index (χ2v) is 3.96. The summed E-state index contributed by atoms with van der Waals surface area (Å²) in [5, 5.41) is 0.0585. The number of rotatable bonds is 3. The molecule has 2 rings (SSSR count). The van der Waals surface area contributed by atoms with Gasteiger partial charge in [0.15, 0.2) is 11.6 Å². The second kappa shape index (κ2) is 5.34. The van der Waals surface area contributed by atoms with Crippen LogP contribution in [0.2, 0.25) is 10.0 Å². The van der Waals surface area contributed by atoms with E-state index in [2.05, 4.69) is 15.4 Å². The molecule has 5 nitrogen and oxygen atoms in total. The molecule has 0 spiro atoms. The molecule has 0 saturated heterocycles. The molecule has 8 heteroatoms. The molecule has 18 heavy (non-hydrogen) atoms. The third kappa shape index (κ3) is 2.61. The number of hydrogen-bond donors (Lipinski definition) is 2. The normalized spacial score (nSPS) is 10.2. The summed E-state index contributed by atoms with van der Waals surface area (Å²) in [6.45, 7) is 0. The van der Waals surface area contributed by atoms with Gasteiger partial charge in [-0.3, -0.25) is 5.43 Å². The highest BCUT2D eigenvalue weighted by atomic mass is 35.5. The largest absolute Gasteiger partial charge is 0.434 e. The molecule has 1 heterocycles. The van der Waals surface area contributed by atoms with E-state index in [9.17, 15) is 4.39 Å². The number of hydrogen-bond acceptors (Lipinski definition) is 5. The van der Waals surface area contributed by atoms with Crippen molar-refractivity contribution >= 4 is 29.2 Å². The van der Waals surface area contributed by atoms with E-state index in [-0.39, 0.29) is 27.6 Å². The quantitative estimate of drug-likeness (QED) is 0.671. The lowest BCUT2D eigenvalue weighted by Gasteiger charge is -2.08. The van der Waals surface area contributed by atoms with Gasteiger partial charge in [-0.1, -0.05) is 29.3 Å². The molecule has 0 aliphatic rings. The zero-order valence-electron chi connectivity index (χ0n) is 8.82. The Morgan fingerprint density at radius 3 is 2.78 bits per heavy atom. The summed E-state index contributed by atoms with van der Waals surface area (Å²) in [7, 11) is 0. The summed E-state index contributed by atoms with van der Waals surface area (Å²) < 4.78 is 18.8. The smallest absolute Gasteiger partial charge is 0.243 e. The Hall–Kier alpha value is -1.63. The van der Waals surface area contributed by atoms with E-state index in [4.69, 9.17) is 33.8 Å². The van der Waals surface area contributed by atoms with Crippen molar-refractivity contribution < 1.29 is 9.13 Å². The molecular formula is C10H7Cl2FN4O. The predicted octanol–water partition coefficient (Wildman–Crippen LogP) is 3.00. The summed E-state index contributed by atoms with van der Waals surface area (Å²) in [4.78, 5) is 7.61. The lowest BCUT2D eigenvalue weighted by Crippen LogP contribution is -2.10. The van der Waals surface area contributed by atoms with Crippen LogP contribution in [0.5, 0.6) is 11.6 Å². The number of ether oxygens (including phenoxy) is 1. The number of nitrogen functional groups attached to an aromatic ring is 1. The van der Waals surface area contributed by atoms with Gasteiger partial charge < -0.3 is 4.74 Å². The van der Waals surface area contributed by atoms with Gasteiger partial charge in [0.1, 0.15) is 5.02 Å². The van der Waals surface area contributed by atoms with E-state index in [0.717, 1.165) is 0 Å². The van der Waals surface area contributed by atoms with Crippen LogP contribution in [0.3, 0.4) is 0 Å². The first-order valence-electron chi connectivity index (χ1n) is 4.73. The van der Waals surface area contributed by atoms with Crippen molar-refractivity contribution in [3.8, 4) is 11.6 Å². The van der Waals surface area contributed by atoms with Gasteiger partial charge in [0, 0.05) is 0 Å². The number of halogens is 3. The minimum atomic E-state index is -0.698. The highest BCUT2D eigenvalue weighted by Crippen LogP contribution is 2.31. The van der Waals surface area contributed by atoms with Crippen LogP contribution in [0.4, 0.5) is 10.3 Å². The van der Waals surface area contributed by atoms with Crippen LogP contribution in [0.25, 0.3) is 0 Å². The lowest BCUT2D eigenvalue weighted by molar-refractivity contribution is 0.427. The molecule has 0 bridgehead atoms. The van der Waals surface area contributed by atoms with Gasteiger partial charge in [-0.15, -0.1) is 0 Å². The first kappa shape index (κ1) is 12.8. The van der Waals surface area contributed by atoms with Crippen LogP contribution in [-0.2, 0) is 0 Å². The van der Waals surface area contributed by atoms with Gasteiger partial charge in [0.2, 0.25) is 11.8 Å². The standard InChI is InChI=1S/C10H7Cl2FN4O/c11-5-2-1-3-7(8(5)13)18-9-6(12)4-15-10(16-9)17-14/h1-4H,14H2,(H,15,16,17). The third-order valence-electron chi connectivity index (χ3n) is 1.96. The Morgan fingerprint density at radius 1 is 1.28 bits per heavy atom.